The van der Waals surface area contributed by atoms with Crippen LogP contribution in [0.3, 0.4) is 0 Å². The lowest BCUT2D eigenvalue weighted by Crippen LogP contribution is -2.10. The molecule has 9 nitrogen and oxygen atoms in total. The molecule has 0 bridgehead atoms. The number of ether oxygens (including phenoxy) is 2. The highest BCUT2D eigenvalue weighted by molar-refractivity contribution is 6.30. The van der Waals surface area contributed by atoms with Crippen LogP contribution in [0.25, 0.3) is 11.1 Å². The highest BCUT2D eigenvalue weighted by Gasteiger charge is 2.24. The standard InChI is InChI=1S/C18H16ClN3O6/c1-3-26-18(25)13-8(2)28-16-14(13)15(20)21-12(22-16)7-27-17(24)10-5-4-9(19)6-11(10)23/h4-6,23H,3,7H2,1-2H3,(H2,20,21,22). The Labute approximate surface area is 164 Å². The van der Waals surface area contributed by atoms with E-state index in [0.717, 1.165) is 0 Å². The number of fused-ring (bicyclic) bond motifs is 1. The van der Waals surface area contributed by atoms with E-state index in [1.807, 2.05) is 0 Å². The number of phenols is 1. The van der Waals surface area contributed by atoms with Crippen molar-refractivity contribution >= 4 is 40.5 Å². The molecule has 2 heterocycles. The molecule has 3 N–H and O–H groups in total. The number of nitrogens with two attached hydrogens (primary N) is 1. The Hall–Kier alpha value is -3.33. The summed E-state index contributed by atoms with van der Waals surface area (Å²) in [4.78, 5) is 32.4. The molecule has 2 aromatic heterocycles. The molecule has 146 valence electrons. The number of aromatic hydroxyl groups is 1. The monoisotopic (exact) mass is 405 g/mol. The number of aryl methyl sites for hydroxylation is 1. The van der Waals surface area contributed by atoms with Crippen LogP contribution in [0.1, 0.15) is 39.2 Å². The van der Waals surface area contributed by atoms with Gasteiger partial charge in [-0.15, -0.1) is 0 Å². The van der Waals surface area contributed by atoms with Crippen molar-refractivity contribution in [3.8, 4) is 5.75 Å². The average Bonchev–Trinajstić information content (AvgIpc) is 2.96. The molecule has 10 heteroatoms. The Morgan fingerprint density at radius 3 is 2.68 bits per heavy atom. The first-order valence-corrected chi connectivity index (χ1v) is 8.57. The number of halogens is 1. The van der Waals surface area contributed by atoms with Crippen LogP contribution in [-0.2, 0) is 16.1 Å². The Kier molecular flexibility index (Phi) is 5.36. The minimum Gasteiger partial charge on any atom is -0.507 e. The molecule has 0 aliphatic rings. The van der Waals surface area contributed by atoms with Gasteiger partial charge in [-0.1, -0.05) is 11.6 Å². The molecule has 1 aromatic carbocycles. The molecular formula is C18H16ClN3O6. The van der Waals surface area contributed by atoms with Gasteiger partial charge in [0.15, 0.2) is 12.4 Å². The van der Waals surface area contributed by atoms with Gasteiger partial charge in [0.2, 0.25) is 5.71 Å². The summed E-state index contributed by atoms with van der Waals surface area (Å²) < 4.78 is 15.6. The highest BCUT2D eigenvalue weighted by atomic mass is 35.5. The van der Waals surface area contributed by atoms with E-state index in [1.54, 1.807) is 13.8 Å². The van der Waals surface area contributed by atoms with E-state index in [1.165, 1.54) is 18.2 Å². The number of aromatic nitrogens is 2. The van der Waals surface area contributed by atoms with E-state index in [2.05, 4.69) is 9.97 Å². The number of carbonyl (C=O) groups excluding carboxylic acids is 2. The Morgan fingerprint density at radius 1 is 1.25 bits per heavy atom. The molecule has 0 atom stereocenters. The third-order valence-electron chi connectivity index (χ3n) is 3.79. The first-order chi connectivity index (χ1) is 13.3. The summed E-state index contributed by atoms with van der Waals surface area (Å²) in [5, 5.41) is 10.3. The van der Waals surface area contributed by atoms with E-state index >= 15 is 0 Å². The number of anilines is 1. The SMILES string of the molecule is CCOC(=O)c1c(C)oc2nc(COC(=O)c3ccc(Cl)cc3O)nc(N)c12. The van der Waals surface area contributed by atoms with Gasteiger partial charge in [-0.05, 0) is 32.0 Å². The van der Waals surface area contributed by atoms with Gasteiger partial charge in [-0.3, -0.25) is 0 Å². The molecule has 0 radical (unpaired) electrons. The van der Waals surface area contributed by atoms with Crippen molar-refractivity contribution in [2.45, 2.75) is 20.5 Å². The molecule has 0 saturated heterocycles. The van der Waals surface area contributed by atoms with Crippen molar-refractivity contribution < 1.29 is 28.6 Å². The summed E-state index contributed by atoms with van der Waals surface area (Å²) >= 11 is 5.73. The molecule has 28 heavy (non-hydrogen) atoms. The summed E-state index contributed by atoms with van der Waals surface area (Å²) in [7, 11) is 0. The van der Waals surface area contributed by atoms with Crippen LogP contribution in [0, 0.1) is 6.92 Å². The number of nitrogen functional groups attached to an aromatic ring is 1. The minimum atomic E-state index is -0.792. The van der Waals surface area contributed by atoms with Crippen LogP contribution in [0.5, 0.6) is 5.75 Å². The first kappa shape index (κ1) is 19.4. The van der Waals surface area contributed by atoms with E-state index in [9.17, 15) is 14.7 Å². The number of hydrogen-bond donors (Lipinski definition) is 2. The maximum Gasteiger partial charge on any atom is 0.342 e. The predicted molar refractivity (Wildman–Crippen MR) is 99.1 cm³/mol. The lowest BCUT2D eigenvalue weighted by Gasteiger charge is -2.07. The summed E-state index contributed by atoms with van der Waals surface area (Å²) in [6.07, 6.45) is 0. The third-order valence-corrected chi connectivity index (χ3v) is 4.03. The van der Waals surface area contributed by atoms with Gasteiger partial charge in [0.05, 0.1) is 12.0 Å². The quantitative estimate of drug-likeness (QED) is 0.613. The third kappa shape index (κ3) is 3.70. The van der Waals surface area contributed by atoms with Gasteiger partial charge in [0, 0.05) is 5.02 Å². The second-order valence-corrected chi connectivity index (χ2v) is 6.13. The zero-order valence-electron chi connectivity index (χ0n) is 15.0. The van der Waals surface area contributed by atoms with Crippen molar-refractivity contribution in [3.05, 3.63) is 45.9 Å². The van der Waals surface area contributed by atoms with Crippen LogP contribution in [0.4, 0.5) is 5.82 Å². The number of benzene rings is 1. The topological polar surface area (TPSA) is 138 Å². The lowest BCUT2D eigenvalue weighted by molar-refractivity contribution is 0.0458. The molecule has 0 amide bonds. The number of carbonyl (C=O) groups is 2. The maximum absolute atomic E-state index is 12.1. The van der Waals surface area contributed by atoms with Gasteiger partial charge in [0.1, 0.15) is 28.5 Å². The van der Waals surface area contributed by atoms with Crippen molar-refractivity contribution in [2.75, 3.05) is 12.3 Å². The van der Waals surface area contributed by atoms with E-state index in [4.69, 9.17) is 31.2 Å². The zero-order valence-corrected chi connectivity index (χ0v) is 15.7. The number of furan rings is 1. The van der Waals surface area contributed by atoms with Crippen molar-refractivity contribution in [3.63, 3.8) is 0 Å². The minimum absolute atomic E-state index is 0.00899. The van der Waals surface area contributed by atoms with Gasteiger partial charge >= 0.3 is 11.9 Å². The van der Waals surface area contributed by atoms with Crippen molar-refractivity contribution in [1.82, 2.24) is 9.97 Å². The molecule has 0 aliphatic heterocycles. The molecule has 0 aliphatic carbocycles. The molecule has 0 unspecified atom stereocenters. The second kappa shape index (κ2) is 7.73. The van der Waals surface area contributed by atoms with E-state index in [-0.39, 0.29) is 63.6 Å². The number of hydrogen-bond acceptors (Lipinski definition) is 9. The Morgan fingerprint density at radius 2 is 2.00 bits per heavy atom. The smallest absolute Gasteiger partial charge is 0.342 e. The van der Waals surface area contributed by atoms with Crippen LogP contribution < -0.4 is 5.73 Å². The second-order valence-electron chi connectivity index (χ2n) is 5.70. The molecular weight excluding hydrogens is 390 g/mol. The number of phenolic OH excluding ortho intramolecular Hbond substituents is 1. The first-order valence-electron chi connectivity index (χ1n) is 8.20. The van der Waals surface area contributed by atoms with Gasteiger partial charge in [0.25, 0.3) is 0 Å². The predicted octanol–water partition coefficient (Wildman–Crippen LogP) is 3.01. The van der Waals surface area contributed by atoms with E-state index < -0.39 is 11.9 Å². The molecule has 3 rings (SSSR count). The largest absolute Gasteiger partial charge is 0.507 e. The highest BCUT2D eigenvalue weighted by Crippen LogP contribution is 2.29. The van der Waals surface area contributed by atoms with Gasteiger partial charge in [-0.2, -0.15) is 4.98 Å². The molecule has 3 aromatic rings. The fourth-order valence-corrected chi connectivity index (χ4v) is 2.75. The van der Waals surface area contributed by atoms with Crippen molar-refractivity contribution in [2.24, 2.45) is 0 Å². The van der Waals surface area contributed by atoms with Gasteiger partial charge < -0.3 is 24.7 Å². The fourth-order valence-electron chi connectivity index (χ4n) is 2.58. The van der Waals surface area contributed by atoms with Crippen LogP contribution in [0.2, 0.25) is 5.02 Å². The summed E-state index contributed by atoms with van der Waals surface area (Å²) in [6.45, 7) is 3.13. The van der Waals surface area contributed by atoms with Crippen LogP contribution in [-0.4, -0.2) is 33.6 Å². The Bertz CT molecular complexity index is 1080. The molecule has 0 fully saturated rings. The molecule has 0 saturated carbocycles. The summed E-state index contributed by atoms with van der Waals surface area (Å²) in [5.74, 6) is -1.35. The zero-order chi connectivity index (χ0) is 20.4. The number of esters is 2. The lowest BCUT2D eigenvalue weighted by atomic mass is 10.2. The summed E-state index contributed by atoms with van der Waals surface area (Å²) in [6, 6.07) is 4.00. The van der Waals surface area contributed by atoms with Gasteiger partial charge in [-0.25, -0.2) is 14.6 Å². The summed E-state index contributed by atoms with van der Waals surface area (Å²) in [5.41, 5.74) is 6.12. The Balaban J connectivity index is 1.85. The average molecular weight is 406 g/mol. The molecule has 0 spiro atoms. The van der Waals surface area contributed by atoms with Crippen LogP contribution in [0.15, 0.2) is 22.6 Å². The van der Waals surface area contributed by atoms with Crippen LogP contribution >= 0.6 is 11.6 Å². The normalized spacial score (nSPS) is 10.8. The fraction of sp³-hybridized carbons (Fsp3) is 0.222. The number of nitrogens with zero attached hydrogens (tertiary/aromatic N) is 2. The maximum atomic E-state index is 12.1. The number of rotatable bonds is 5. The van der Waals surface area contributed by atoms with E-state index in [0.29, 0.717) is 0 Å². The van der Waals surface area contributed by atoms with Crippen molar-refractivity contribution in [1.29, 1.82) is 0 Å².